The SMILES string of the molecule is C#CC(CC)C[S]. The van der Waals surface area contributed by atoms with Crippen molar-refractivity contribution in [1.29, 1.82) is 0 Å². The lowest BCUT2D eigenvalue weighted by molar-refractivity contribution is 0.738. The highest BCUT2D eigenvalue weighted by molar-refractivity contribution is 7.80. The molecule has 1 atom stereocenters. The van der Waals surface area contributed by atoms with Crippen LogP contribution in [0.3, 0.4) is 0 Å². The summed E-state index contributed by atoms with van der Waals surface area (Å²) in [6.45, 7) is 2.05. The van der Waals surface area contributed by atoms with Gasteiger partial charge in [-0.15, -0.1) is 12.3 Å². The third-order valence-corrected chi connectivity index (χ3v) is 1.33. The Kier molecular flexibility index (Phi) is 4.03. The van der Waals surface area contributed by atoms with Crippen LogP contribution in [0.2, 0.25) is 0 Å². The first-order valence-electron chi connectivity index (χ1n) is 2.39. The smallest absolute Gasteiger partial charge is 0.0296 e. The minimum atomic E-state index is 0.329. The van der Waals surface area contributed by atoms with Gasteiger partial charge < -0.3 is 0 Å². The van der Waals surface area contributed by atoms with Crippen molar-refractivity contribution in [3.05, 3.63) is 0 Å². The first-order valence-corrected chi connectivity index (χ1v) is 2.97. The summed E-state index contributed by atoms with van der Waals surface area (Å²) in [7, 11) is 0. The number of terminal acetylenes is 1. The molecule has 1 unspecified atom stereocenters. The zero-order valence-electron chi connectivity index (χ0n) is 4.48. The van der Waals surface area contributed by atoms with Crippen LogP contribution in [0.25, 0.3) is 0 Å². The molecule has 0 aliphatic rings. The van der Waals surface area contributed by atoms with Crippen LogP contribution >= 0.6 is 12.6 Å². The molecule has 0 aliphatic heterocycles. The Labute approximate surface area is 50.7 Å². The summed E-state index contributed by atoms with van der Waals surface area (Å²) in [5, 5.41) is 0. The minimum absolute atomic E-state index is 0.329. The summed E-state index contributed by atoms with van der Waals surface area (Å²) < 4.78 is 0. The molecule has 0 aromatic rings. The van der Waals surface area contributed by atoms with E-state index in [-0.39, 0.29) is 0 Å². The van der Waals surface area contributed by atoms with Gasteiger partial charge in [-0.3, -0.25) is 0 Å². The largest absolute Gasteiger partial charge is 0.120 e. The molecule has 0 rings (SSSR count). The van der Waals surface area contributed by atoms with Gasteiger partial charge in [-0.25, -0.2) is 0 Å². The van der Waals surface area contributed by atoms with Crippen LogP contribution in [0.4, 0.5) is 0 Å². The Hall–Kier alpha value is -0.0900. The molecule has 0 bridgehead atoms. The van der Waals surface area contributed by atoms with Crippen LogP contribution in [-0.2, 0) is 0 Å². The maximum absolute atomic E-state index is 5.08. The van der Waals surface area contributed by atoms with E-state index in [2.05, 4.69) is 12.8 Å². The summed E-state index contributed by atoms with van der Waals surface area (Å²) in [5.74, 6) is 3.63. The van der Waals surface area contributed by atoms with E-state index in [1.165, 1.54) is 0 Å². The lowest BCUT2D eigenvalue weighted by Crippen LogP contribution is -1.93. The van der Waals surface area contributed by atoms with Gasteiger partial charge in [0.15, 0.2) is 0 Å². The lowest BCUT2D eigenvalue weighted by Gasteiger charge is -1.97. The van der Waals surface area contributed by atoms with Crippen LogP contribution in [0.1, 0.15) is 13.3 Å². The molecule has 1 radical (unpaired) electrons. The summed E-state index contributed by atoms with van der Waals surface area (Å²) >= 11 is 4.73. The van der Waals surface area contributed by atoms with Crippen molar-refractivity contribution in [2.75, 3.05) is 5.75 Å². The second-order valence-corrected chi connectivity index (χ2v) is 1.77. The third-order valence-electron chi connectivity index (χ3n) is 0.930. The Bertz CT molecular complexity index is 66.7. The molecule has 0 fully saturated rings. The van der Waals surface area contributed by atoms with Crippen molar-refractivity contribution in [3.8, 4) is 12.3 Å². The van der Waals surface area contributed by atoms with Crippen LogP contribution in [0, 0.1) is 18.3 Å². The lowest BCUT2D eigenvalue weighted by atomic mass is 10.1. The van der Waals surface area contributed by atoms with Crippen molar-refractivity contribution in [2.45, 2.75) is 13.3 Å². The zero-order chi connectivity index (χ0) is 5.70. The monoisotopic (exact) mass is 113 g/mol. The molecule has 39 valence electrons. The van der Waals surface area contributed by atoms with E-state index >= 15 is 0 Å². The van der Waals surface area contributed by atoms with Gasteiger partial charge in [-0.2, -0.15) is 0 Å². The summed E-state index contributed by atoms with van der Waals surface area (Å²) in [6, 6.07) is 0. The molecule has 0 saturated heterocycles. The zero-order valence-corrected chi connectivity index (χ0v) is 5.29. The van der Waals surface area contributed by atoms with E-state index < -0.39 is 0 Å². The van der Waals surface area contributed by atoms with Crippen molar-refractivity contribution < 1.29 is 0 Å². The standard InChI is InChI=1S/C6H9S/c1-3-6(4-2)5-7/h1,6H,4-5H2,2H3. The van der Waals surface area contributed by atoms with Gasteiger partial charge in [0.05, 0.1) is 0 Å². The van der Waals surface area contributed by atoms with Crippen molar-refractivity contribution in [2.24, 2.45) is 5.92 Å². The average Bonchev–Trinajstić information content (AvgIpc) is 1.72. The molecule has 0 saturated carbocycles. The second kappa shape index (κ2) is 4.08. The number of rotatable bonds is 2. The Balaban J connectivity index is 3.23. The van der Waals surface area contributed by atoms with Gasteiger partial charge >= 0.3 is 0 Å². The molecule has 0 aromatic carbocycles. The molecule has 0 spiro atoms. The van der Waals surface area contributed by atoms with Crippen molar-refractivity contribution in [3.63, 3.8) is 0 Å². The maximum atomic E-state index is 5.08. The van der Waals surface area contributed by atoms with E-state index in [9.17, 15) is 0 Å². The van der Waals surface area contributed by atoms with Gasteiger partial charge in [-0.1, -0.05) is 19.6 Å². The van der Waals surface area contributed by atoms with Crippen molar-refractivity contribution in [1.82, 2.24) is 0 Å². The van der Waals surface area contributed by atoms with Crippen LogP contribution in [-0.4, -0.2) is 5.75 Å². The normalized spacial score (nSPS) is 12.7. The number of hydrogen-bond acceptors (Lipinski definition) is 0. The highest BCUT2D eigenvalue weighted by atomic mass is 32.1. The van der Waals surface area contributed by atoms with Crippen molar-refractivity contribution >= 4 is 12.6 Å². The molecule has 0 amide bonds. The van der Waals surface area contributed by atoms with E-state index in [0.29, 0.717) is 11.7 Å². The molecule has 0 N–H and O–H groups in total. The molecule has 7 heavy (non-hydrogen) atoms. The van der Waals surface area contributed by atoms with E-state index in [1.54, 1.807) is 0 Å². The molecular formula is C6H9S. The average molecular weight is 113 g/mol. The Morgan fingerprint density at radius 2 is 2.43 bits per heavy atom. The molecule has 0 heterocycles. The molecule has 0 aliphatic carbocycles. The topological polar surface area (TPSA) is 0 Å². The quantitative estimate of drug-likeness (QED) is 0.479. The van der Waals surface area contributed by atoms with E-state index in [1.807, 2.05) is 0 Å². The molecule has 0 nitrogen and oxygen atoms in total. The first-order chi connectivity index (χ1) is 3.35. The van der Waals surface area contributed by atoms with Gasteiger partial charge in [0.25, 0.3) is 0 Å². The molecule has 0 aromatic heterocycles. The maximum Gasteiger partial charge on any atom is 0.0296 e. The van der Waals surface area contributed by atoms with Crippen LogP contribution in [0.5, 0.6) is 0 Å². The Morgan fingerprint density at radius 3 is 2.43 bits per heavy atom. The van der Waals surface area contributed by atoms with Crippen LogP contribution in [0.15, 0.2) is 0 Å². The van der Waals surface area contributed by atoms with Gasteiger partial charge in [-0.05, 0) is 6.42 Å². The summed E-state index contributed by atoms with van der Waals surface area (Å²) in [6.07, 6.45) is 6.09. The Morgan fingerprint density at radius 1 is 1.86 bits per heavy atom. The van der Waals surface area contributed by atoms with E-state index in [4.69, 9.17) is 19.1 Å². The van der Waals surface area contributed by atoms with E-state index in [0.717, 1.165) is 6.42 Å². The fourth-order valence-electron chi connectivity index (χ4n) is 0.284. The molecule has 1 heteroatoms. The molecular weight excluding hydrogens is 104 g/mol. The first kappa shape index (κ1) is 6.91. The highest BCUT2D eigenvalue weighted by Crippen LogP contribution is 2.00. The highest BCUT2D eigenvalue weighted by Gasteiger charge is 1.94. The van der Waals surface area contributed by atoms with Gasteiger partial charge in [0.2, 0.25) is 0 Å². The fourth-order valence-corrected chi connectivity index (χ4v) is 0.616. The second-order valence-electron chi connectivity index (χ2n) is 1.44. The third kappa shape index (κ3) is 2.59. The minimum Gasteiger partial charge on any atom is -0.120 e. The predicted octanol–water partition coefficient (Wildman–Crippen LogP) is 1.84. The van der Waals surface area contributed by atoms with Crippen LogP contribution < -0.4 is 0 Å². The summed E-state index contributed by atoms with van der Waals surface area (Å²) in [4.78, 5) is 0. The number of hydrogen-bond donors (Lipinski definition) is 0. The van der Waals surface area contributed by atoms with Gasteiger partial charge in [0.1, 0.15) is 0 Å². The summed E-state index contributed by atoms with van der Waals surface area (Å²) in [5.41, 5.74) is 0. The van der Waals surface area contributed by atoms with Gasteiger partial charge in [0, 0.05) is 11.7 Å². The fraction of sp³-hybridized carbons (Fsp3) is 0.667. The predicted molar refractivity (Wildman–Crippen MR) is 35.1 cm³/mol.